The van der Waals surface area contributed by atoms with E-state index >= 15 is 0 Å². The number of piperazine rings is 1. The first-order valence-electron chi connectivity index (χ1n) is 13.8. The molecule has 0 aromatic carbocycles. The van der Waals surface area contributed by atoms with Crippen LogP contribution in [0.15, 0.2) is 0 Å². The van der Waals surface area contributed by atoms with E-state index in [0.29, 0.717) is 6.42 Å². The summed E-state index contributed by atoms with van der Waals surface area (Å²) in [5, 5.41) is 0. The quantitative estimate of drug-likeness (QED) is 0.347. The summed E-state index contributed by atoms with van der Waals surface area (Å²) >= 11 is 0. The van der Waals surface area contributed by atoms with Crippen molar-refractivity contribution in [1.29, 1.82) is 0 Å². The maximum absolute atomic E-state index is 11.6. The van der Waals surface area contributed by atoms with E-state index in [1.807, 2.05) is 0 Å². The SMILES string of the molecule is COC(=O)CCN1CCN([Si](C2CCCCC2)(C2CCCCC2)C2CCCCC2)CC1. The molecule has 4 aliphatic rings. The van der Waals surface area contributed by atoms with Crippen LogP contribution in [0.1, 0.15) is 103 Å². The zero-order chi connectivity index (χ0) is 21.5. The van der Waals surface area contributed by atoms with Crippen LogP contribution in [-0.2, 0) is 9.53 Å². The summed E-state index contributed by atoms with van der Waals surface area (Å²) < 4.78 is 8.08. The Hall–Kier alpha value is -0.393. The Morgan fingerprint density at radius 2 is 1.13 bits per heavy atom. The lowest BCUT2D eigenvalue weighted by atomic mass is 9.98. The Labute approximate surface area is 192 Å². The van der Waals surface area contributed by atoms with Gasteiger partial charge >= 0.3 is 5.97 Å². The number of rotatable bonds is 7. The van der Waals surface area contributed by atoms with E-state index < -0.39 is 8.24 Å². The molecule has 0 aromatic rings. The molecule has 0 bridgehead atoms. The van der Waals surface area contributed by atoms with Crippen LogP contribution in [0.3, 0.4) is 0 Å². The number of methoxy groups -OCH3 is 1. The summed E-state index contributed by atoms with van der Waals surface area (Å²) in [7, 11) is -0.0457. The molecule has 1 heterocycles. The van der Waals surface area contributed by atoms with Crippen LogP contribution < -0.4 is 0 Å². The van der Waals surface area contributed by atoms with Gasteiger partial charge in [0.05, 0.1) is 13.5 Å². The molecule has 1 saturated heterocycles. The van der Waals surface area contributed by atoms with E-state index in [1.54, 1.807) is 38.5 Å². The van der Waals surface area contributed by atoms with E-state index in [1.165, 1.54) is 78.0 Å². The molecule has 0 amide bonds. The van der Waals surface area contributed by atoms with Crippen molar-refractivity contribution in [3.63, 3.8) is 0 Å². The molecule has 0 radical (unpaired) electrons. The minimum atomic E-state index is -1.56. The van der Waals surface area contributed by atoms with E-state index in [9.17, 15) is 4.79 Å². The molecule has 0 atom stereocenters. The fraction of sp³-hybridized carbons (Fsp3) is 0.962. The number of hydrogen-bond acceptors (Lipinski definition) is 4. The van der Waals surface area contributed by atoms with Gasteiger partial charge in [-0.1, -0.05) is 96.3 Å². The molecule has 0 unspecified atom stereocenters. The normalized spacial score (nSPS) is 26.7. The Balaban J connectivity index is 1.56. The van der Waals surface area contributed by atoms with E-state index in [2.05, 4.69) is 9.47 Å². The lowest BCUT2D eigenvalue weighted by Crippen LogP contribution is -2.67. The van der Waals surface area contributed by atoms with Gasteiger partial charge in [-0.2, -0.15) is 0 Å². The Kier molecular flexibility index (Phi) is 8.93. The first kappa shape index (κ1) is 23.8. The van der Waals surface area contributed by atoms with Crippen molar-refractivity contribution in [2.75, 3.05) is 39.8 Å². The highest BCUT2D eigenvalue weighted by molar-refractivity contribution is 6.81. The lowest BCUT2D eigenvalue weighted by molar-refractivity contribution is -0.141. The molecule has 4 fully saturated rings. The Bertz CT molecular complexity index is 500. The average Bonchev–Trinajstić information content (AvgIpc) is 2.86. The van der Waals surface area contributed by atoms with Crippen LogP contribution in [0, 0.1) is 0 Å². The maximum atomic E-state index is 11.6. The molecule has 0 N–H and O–H groups in total. The van der Waals surface area contributed by atoms with Gasteiger partial charge in [0.15, 0.2) is 0 Å². The van der Waals surface area contributed by atoms with Gasteiger partial charge in [-0.15, -0.1) is 0 Å². The highest BCUT2D eigenvalue weighted by Crippen LogP contribution is 2.58. The van der Waals surface area contributed by atoms with Crippen molar-refractivity contribution in [2.45, 2.75) is 119 Å². The standard InChI is InChI=1S/C26H48N2O2Si/c1-30-26(29)17-18-27-19-21-28(22-20-27)31(23-11-5-2-6-12-23,24-13-7-3-8-14-24)25-15-9-4-10-16-25/h23-25H,2-22H2,1H3. The van der Waals surface area contributed by atoms with Crippen molar-refractivity contribution >= 4 is 14.2 Å². The Morgan fingerprint density at radius 3 is 1.52 bits per heavy atom. The Morgan fingerprint density at radius 1 is 0.710 bits per heavy atom. The highest BCUT2D eigenvalue weighted by atomic mass is 28.3. The largest absolute Gasteiger partial charge is 0.469 e. The van der Waals surface area contributed by atoms with Crippen LogP contribution in [0.25, 0.3) is 0 Å². The van der Waals surface area contributed by atoms with Gasteiger partial charge in [-0.25, -0.2) is 0 Å². The summed E-state index contributed by atoms with van der Waals surface area (Å²) in [6, 6.07) is 0. The topological polar surface area (TPSA) is 32.8 Å². The van der Waals surface area contributed by atoms with Crippen molar-refractivity contribution in [3.8, 4) is 0 Å². The van der Waals surface area contributed by atoms with E-state index in [4.69, 9.17) is 4.74 Å². The fourth-order valence-corrected chi connectivity index (χ4v) is 16.7. The van der Waals surface area contributed by atoms with Crippen LogP contribution in [0.5, 0.6) is 0 Å². The third-order valence-corrected chi connectivity index (χ3v) is 16.8. The molecular formula is C26H48N2O2Si. The zero-order valence-corrected chi connectivity index (χ0v) is 21.3. The number of carbonyl (C=O) groups excluding carboxylic acids is 1. The number of ether oxygens (including phenoxy) is 1. The second-order valence-electron chi connectivity index (χ2n) is 11.0. The van der Waals surface area contributed by atoms with Gasteiger partial charge in [0, 0.05) is 32.7 Å². The smallest absolute Gasteiger partial charge is 0.306 e. The molecular weight excluding hydrogens is 400 g/mol. The van der Waals surface area contributed by atoms with Crippen molar-refractivity contribution in [2.24, 2.45) is 0 Å². The minimum absolute atomic E-state index is 0.0576. The summed E-state index contributed by atoms with van der Waals surface area (Å²) in [5.41, 5.74) is 3.19. The molecule has 1 aliphatic heterocycles. The zero-order valence-electron chi connectivity index (χ0n) is 20.3. The van der Waals surface area contributed by atoms with Gasteiger partial charge in [0.2, 0.25) is 0 Å². The van der Waals surface area contributed by atoms with Gasteiger partial charge in [-0.3, -0.25) is 4.79 Å². The molecule has 3 saturated carbocycles. The van der Waals surface area contributed by atoms with Crippen molar-refractivity contribution in [3.05, 3.63) is 0 Å². The second-order valence-corrected chi connectivity index (χ2v) is 15.9. The van der Waals surface area contributed by atoms with Gasteiger partial charge in [0.25, 0.3) is 0 Å². The predicted octanol–water partition coefficient (Wildman–Crippen LogP) is 6.12. The van der Waals surface area contributed by atoms with Crippen LogP contribution in [-0.4, -0.2) is 63.5 Å². The van der Waals surface area contributed by atoms with E-state index in [0.717, 1.165) is 36.3 Å². The maximum Gasteiger partial charge on any atom is 0.306 e. The third kappa shape index (κ3) is 5.41. The first-order valence-corrected chi connectivity index (χ1v) is 16.0. The van der Waals surface area contributed by atoms with Crippen LogP contribution in [0.2, 0.25) is 16.6 Å². The summed E-state index contributed by atoms with van der Waals surface area (Å²) in [6.07, 6.45) is 23.2. The second kappa shape index (κ2) is 11.6. The summed E-state index contributed by atoms with van der Waals surface area (Å²) in [4.78, 5) is 14.2. The molecule has 5 heteroatoms. The van der Waals surface area contributed by atoms with Gasteiger partial charge < -0.3 is 14.2 Å². The number of carbonyl (C=O) groups is 1. The molecule has 4 nitrogen and oxygen atoms in total. The molecule has 31 heavy (non-hydrogen) atoms. The van der Waals surface area contributed by atoms with Crippen LogP contribution in [0.4, 0.5) is 0 Å². The summed E-state index contributed by atoms with van der Waals surface area (Å²) in [6.45, 7) is 5.76. The lowest BCUT2D eigenvalue weighted by Gasteiger charge is -2.60. The monoisotopic (exact) mass is 448 g/mol. The van der Waals surface area contributed by atoms with Crippen molar-refractivity contribution < 1.29 is 9.53 Å². The molecule has 3 aliphatic carbocycles. The molecule has 0 spiro atoms. The van der Waals surface area contributed by atoms with Gasteiger partial charge in [0.1, 0.15) is 8.24 Å². The minimum Gasteiger partial charge on any atom is -0.469 e. The van der Waals surface area contributed by atoms with Gasteiger partial charge in [-0.05, 0) is 16.6 Å². The summed E-state index contributed by atoms with van der Waals surface area (Å²) in [5.74, 6) is -0.0576. The molecule has 0 aromatic heterocycles. The molecule has 178 valence electrons. The van der Waals surface area contributed by atoms with Crippen molar-refractivity contribution in [1.82, 2.24) is 9.47 Å². The van der Waals surface area contributed by atoms with E-state index in [-0.39, 0.29) is 5.97 Å². The predicted molar refractivity (Wildman–Crippen MR) is 131 cm³/mol. The molecule has 4 rings (SSSR count). The average molecular weight is 449 g/mol. The number of nitrogens with zero attached hydrogens (tertiary/aromatic N) is 2. The first-order chi connectivity index (χ1) is 15.2. The third-order valence-electron chi connectivity index (χ3n) is 9.56. The van der Waals surface area contributed by atoms with Crippen LogP contribution >= 0.6 is 0 Å². The highest BCUT2D eigenvalue weighted by Gasteiger charge is 2.56. The fourth-order valence-electron chi connectivity index (χ4n) is 8.18. The number of esters is 1. The number of hydrogen-bond donors (Lipinski definition) is 0.